The Morgan fingerprint density at radius 3 is 2.84 bits per heavy atom. The average Bonchev–Trinajstić information content (AvgIpc) is 3.12. The van der Waals surface area contributed by atoms with Crippen molar-refractivity contribution in [2.45, 2.75) is 57.8 Å². The number of hydrogen-bond donors (Lipinski definition) is 3. The molecular formula is C18H36N4O3. The van der Waals surface area contributed by atoms with Gasteiger partial charge in [-0.2, -0.15) is 0 Å². The number of rotatable bonds is 9. The summed E-state index contributed by atoms with van der Waals surface area (Å²) in [6, 6.07) is 0.210. The van der Waals surface area contributed by atoms with Gasteiger partial charge in [0.15, 0.2) is 5.96 Å². The molecule has 0 aromatic carbocycles. The molecule has 0 bridgehead atoms. The molecule has 2 heterocycles. The fourth-order valence-electron chi connectivity index (χ4n) is 3.15. The molecule has 0 aromatic heterocycles. The minimum atomic E-state index is -0.0988. The monoisotopic (exact) mass is 356 g/mol. The highest BCUT2D eigenvalue weighted by atomic mass is 16.5. The van der Waals surface area contributed by atoms with Crippen LogP contribution in [-0.2, 0) is 9.47 Å². The number of aliphatic hydroxyl groups excluding tert-OH is 1. The first-order valence-electron chi connectivity index (χ1n) is 9.82. The largest absolute Gasteiger partial charge is 0.393 e. The lowest BCUT2D eigenvalue weighted by Gasteiger charge is -2.29. The highest BCUT2D eigenvalue weighted by Gasteiger charge is 2.18. The van der Waals surface area contributed by atoms with Gasteiger partial charge in [-0.15, -0.1) is 0 Å². The molecule has 2 saturated heterocycles. The topological polar surface area (TPSA) is 78.4 Å². The van der Waals surface area contributed by atoms with Crippen molar-refractivity contribution in [2.24, 2.45) is 4.99 Å². The van der Waals surface area contributed by atoms with E-state index >= 15 is 0 Å². The maximum atomic E-state index is 9.55. The molecule has 2 aliphatic heterocycles. The maximum Gasteiger partial charge on any atom is 0.191 e. The Hall–Kier alpha value is -0.890. The van der Waals surface area contributed by atoms with Gasteiger partial charge in [0.1, 0.15) is 0 Å². The molecule has 2 atom stereocenters. The molecule has 2 fully saturated rings. The van der Waals surface area contributed by atoms with Gasteiger partial charge in [0.25, 0.3) is 0 Å². The molecule has 0 aliphatic carbocycles. The summed E-state index contributed by atoms with van der Waals surface area (Å²) in [7, 11) is 0. The van der Waals surface area contributed by atoms with E-state index in [1.165, 1.54) is 0 Å². The number of piperidine rings is 1. The fourth-order valence-corrected chi connectivity index (χ4v) is 3.15. The number of nitrogens with one attached hydrogen (secondary N) is 2. The Balaban J connectivity index is 1.62. The SMILES string of the molecule is CCNC(=NCCCN1CCC(O)CC1)NC(C)COC1CCOC1. The number of ether oxygens (including phenoxy) is 2. The molecule has 25 heavy (non-hydrogen) atoms. The Kier molecular flexibility index (Phi) is 9.54. The van der Waals surface area contributed by atoms with E-state index in [1.54, 1.807) is 0 Å². The lowest BCUT2D eigenvalue weighted by molar-refractivity contribution is 0.0347. The molecule has 2 aliphatic rings. The van der Waals surface area contributed by atoms with Gasteiger partial charge in [-0.05, 0) is 46.1 Å². The second-order valence-electron chi connectivity index (χ2n) is 7.05. The molecule has 0 radical (unpaired) electrons. The standard InChI is InChI=1S/C18H36N4O3/c1-3-19-18(21-15(2)13-25-17-7-12-24-14-17)20-8-4-9-22-10-5-16(23)6-11-22/h15-17,23H,3-14H2,1-2H3,(H2,19,20,21). The lowest BCUT2D eigenvalue weighted by atomic mass is 10.1. The molecule has 0 aromatic rings. The van der Waals surface area contributed by atoms with E-state index in [1.807, 2.05) is 0 Å². The second-order valence-corrected chi connectivity index (χ2v) is 7.05. The number of nitrogens with zero attached hydrogens (tertiary/aromatic N) is 2. The fraction of sp³-hybridized carbons (Fsp3) is 0.944. The quantitative estimate of drug-likeness (QED) is 0.319. The van der Waals surface area contributed by atoms with Crippen LogP contribution in [0.1, 0.15) is 39.5 Å². The van der Waals surface area contributed by atoms with Crippen molar-refractivity contribution in [3.05, 3.63) is 0 Å². The van der Waals surface area contributed by atoms with Gasteiger partial charge in [0, 0.05) is 38.8 Å². The molecule has 0 spiro atoms. The molecule has 146 valence electrons. The van der Waals surface area contributed by atoms with Crippen LogP contribution >= 0.6 is 0 Å². The van der Waals surface area contributed by atoms with Crippen LogP contribution in [0.3, 0.4) is 0 Å². The van der Waals surface area contributed by atoms with Crippen molar-refractivity contribution in [3.8, 4) is 0 Å². The summed E-state index contributed by atoms with van der Waals surface area (Å²) in [5, 5.41) is 16.3. The van der Waals surface area contributed by atoms with Gasteiger partial charge in [0.2, 0.25) is 0 Å². The van der Waals surface area contributed by atoms with Crippen molar-refractivity contribution in [3.63, 3.8) is 0 Å². The van der Waals surface area contributed by atoms with E-state index in [0.717, 1.165) is 71.0 Å². The van der Waals surface area contributed by atoms with Crippen LogP contribution in [-0.4, -0.2) is 86.8 Å². The molecule has 7 nitrogen and oxygen atoms in total. The summed E-state index contributed by atoms with van der Waals surface area (Å²) in [6.45, 7) is 11.1. The van der Waals surface area contributed by atoms with E-state index in [0.29, 0.717) is 13.2 Å². The van der Waals surface area contributed by atoms with Crippen LogP contribution in [0.4, 0.5) is 0 Å². The molecular weight excluding hydrogens is 320 g/mol. The van der Waals surface area contributed by atoms with Crippen LogP contribution in [0.2, 0.25) is 0 Å². The van der Waals surface area contributed by atoms with Crippen LogP contribution < -0.4 is 10.6 Å². The Morgan fingerprint density at radius 1 is 1.36 bits per heavy atom. The first kappa shape index (κ1) is 20.4. The van der Waals surface area contributed by atoms with Crippen LogP contribution in [0.15, 0.2) is 4.99 Å². The molecule has 2 unspecified atom stereocenters. The summed E-state index contributed by atoms with van der Waals surface area (Å²) >= 11 is 0. The van der Waals surface area contributed by atoms with Gasteiger partial charge < -0.3 is 30.1 Å². The molecule has 0 saturated carbocycles. The minimum absolute atomic E-state index is 0.0988. The van der Waals surface area contributed by atoms with Crippen molar-refractivity contribution < 1.29 is 14.6 Å². The lowest BCUT2D eigenvalue weighted by Crippen LogP contribution is -2.44. The Morgan fingerprint density at radius 2 is 2.16 bits per heavy atom. The van der Waals surface area contributed by atoms with Crippen molar-refractivity contribution in [1.82, 2.24) is 15.5 Å². The van der Waals surface area contributed by atoms with Gasteiger partial charge in [0.05, 0.1) is 25.4 Å². The van der Waals surface area contributed by atoms with Crippen molar-refractivity contribution >= 4 is 5.96 Å². The van der Waals surface area contributed by atoms with Gasteiger partial charge >= 0.3 is 0 Å². The molecule has 2 rings (SSSR count). The third-order valence-corrected chi connectivity index (χ3v) is 4.66. The number of hydrogen-bond acceptors (Lipinski definition) is 5. The van der Waals surface area contributed by atoms with E-state index in [9.17, 15) is 5.11 Å². The number of aliphatic hydroxyl groups is 1. The van der Waals surface area contributed by atoms with Gasteiger partial charge in [-0.25, -0.2) is 0 Å². The van der Waals surface area contributed by atoms with Crippen molar-refractivity contribution in [1.29, 1.82) is 0 Å². The average molecular weight is 357 g/mol. The molecule has 3 N–H and O–H groups in total. The van der Waals surface area contributed by atoms with Gasteiger partial charge in [-0.3, -0.25) is 4.99 Å². The molecule has 7 heteroatoms. The zero-order valence-electron chi connectivity index (χ0n) is 15.9. The zero-order valence-corrected chi connectivity index (χ0v) is 15.9. The Bertz CT molecular complexity index is 381. The highest BCUT2D eigenvalue weighted by Crippen LogP contribution is 2.10. The van der Waals surface area contributed by atoms with E-state index < -0.39 is 0 Å². The summed E-state index contributed by atoms with van der Waals surface area (Å²) in [4.78, 5) is 7.09. The molecule has 0 amide bonds. The summed E-state index contributed by atoms with van der Waals surface area (Å²) in [5.74, 6) is 0.857. The third-order valence-electron chi connectivity index (χ3n) is 4.66. The van der Waals surface area contributed by atoms with Gasteiger partial charge in [-0.1, -0.05) is 0 Å². The van der Waals surface area contributed by atoms with E-state index in [4.69, 9.17) is 9.47 Å². The smallest absolute Gasteiger partial charge is 0.191 e. The van der Waals surface area contributed by atoms with Crippen LogP contribution in [0, 0.1) is 0 Å². The first-order chi connectivity index (χ1) is 12.2. The van der Waals surface area contributed by atoms with E-state index in [-0.39, 0.29) is 18.2 Å². The number of guanidine groups is 1. The number of likely N-dealkylation sites (tertiary alicyclic amines) is 1. The minimum Gasteiger partial charge on any atom is -0.393 e. The second kappa shape index (κ2) is 11.7. The Labute approximate surface area is 152 Å². The highest BCUT2D eigenvalue weighted by molar-refractivity contribution is 5.80. The van der Waals surface area contributed by atoms with Crippen LogP contribution in [0.5, 0.6) is 0 Å². The zero-order chi connectivity index (χ0) is 17.9. The third kappa shape index (κ3) is 8.35. The number of aliphatic imine (C=N–C) groups is 1. The summed E-state index contributed by atoms with van der Waals surface area (Å²) < 4.78 is 11.2. The normalized spacial score (nSPS) is 24.4. The summed E-state index contributed by atoms with van der Waals surface area (Å²) in [6.07, 6.45) is 3.98. The maximum absolute atomic E-state index is 9.55. The van der Waals surface area contributed by atoms with Crippen molar-refractivity contribution in [2.75, 3.05) is 52.5 Å². The summed E-state index contributed by atoms with van der Waals surface area (Å²) in [5.41, 5.74) is 0. The predicted octanol–water partition coefficient (Wildman–Crippen LogP) is 0.582. The van der Waals surface area contributed by atoms with E-state index in [2.05, 4.69) is 34.4 Å². The van der Waals surface area contributed by atoms with Crippen LogP contribution in [0.25, 0.3) is 0 Å². The predicted molar refractivity (Wildman–Crippen MR) is 100 cm³/mol. The first-order valence-corrected chi connectivity index (χ1v) is 9.82.